The van der Waals surface area contributed by atoms with Crippen molar-refractivity contribution >= 4 is 5.78 Å². The first-order valence-corrected chi connectivity index (χ1v) is 7.77. The maximum atomic E-state index is 12.4. The molecule has 0 aliphatic carbocycles. The minimum absolute atomic E-state index is 0.0169. The maximum absolute atomic E-state index is 12.4. The summed E-state index contributed by atoms with van der Waals surface area (Å²) in [4.78, 5) is 14.8. The predicted octanol–water partition coefficient (Wildman–Crippen LogP) is 2.02. The van der Waals surface area contributed by atoms with Crippen LogP contribution in [0.3, 0.4) is 0 Å². The molecule has 1 heterocycles. The van der Waals surface area contributed by atoms with Gasteiger partial charge in [0, 0.05) is 18.0 Å². The fraction of sp³-hybridized carbons (Fsp3) is 0.588. The van der Waals surface area contributed by atoms with Crippen LogP contribution in [0, 0.1) is 5.92 Å². The Balaban J connectivity index is 1.95. The van der Waals surface area contributed by atoms with Crippen LogP contribution in [0.4, 0.5) is 0 Å². The van der Waals surface area contributed by atoms with Gasteiger partial charge in [0.05, 0.1) is 6.61 Å². The van der Waals surface area contributed by atoms with Crippen molar-refractivity contribution in [2.24, 2.45) is 5.92 Å². The topological polar surface area (TPSA) is 60.8 Å². The molecule has 1 aromatic rings. The lowest BCUT2D eigenvalue weighted by molar-refractivity contribution is 0.0882. The molecule has 0 aromatic heterocycles. The summed E-state index contributed by atoms with van der Waals surface area (Å²) in [6, 6.07) is 6.90. The molecule has 4 nitrogen and oxygen atoms in total. The van der Waals surface area contributed by atoms with Gasteiger partial charge in [0.15, 0.2) is 5.78 Å². The summed E-state index contributed by atoms with van der Waals surface area (Å²) >= 11 is 0. The highest BCUT2D eigenvalue weighted by molar-refractivity contribution is 5.97. The van der Waals surface area contributed by atoms with Crippen molar-refractivity contribution in [3.05, 3.63) is 35.4 Å². The van der Waals surface area contributed by atoms with Crippen molar-refractivity contribution in [1.29, 1.82) is 0 Å². The highest BCUT2D eigenvalue weighted by atomic mass is 16.3. The van der Waals surface area contributed by atoms with Crippen LogP contribution in [0.15, 0.2) is 24.3 Å². The number of piperidine rings is 1. The summed E-state index contributed by atoms with van der Waals surface area (Å²) in [5.41, 5.74) is 1.31. The van der Waals surface area contributed by atoms with Gasteiger partial charge in [-0.2, -0.15) is 0 Å². The van der Waals surface area contributed by atoms with Gasteiger partial charge in [0.2, 0.25) is 0 Å². The molecule has 2 unspecified atom stereocenters. The number of hydrogen-bond acceptors (Lipinski definition) is 4. The predicted molar refractivity (Wildman–Crippen MR) is 82.3 cm³/mol. The average molecular weight is 291 g/mol. The minimum Gasteiger partial charge on any atom is -0.393 e. The molecule has 0 amide bonds. The smallest absolute Gasteiger partial charge is 0.166 e. The minimum atomic E-state index is -0.875. The Morgan fingerprint density at radius 2 is 1.81 bits per heavy atom. The van der Waals surface area contributed by atoms with Crippen molar-refractivity contribution in [1.82, 2.24) is 4.90 Å². The fourth-order valence-corrected chi connectivity index (χ4v) is 2.87. The largest absolute Gasteiger partial charge is 0.393 e. The van der Waals surface area contributed by atoms with Crippen molar-refractivity contribution in [2.45, 2.75) is 32.3 Å². The first kappa shape index (κ1) is 16.1. The summed E-state index contributed by atoms with van der Waals surface area (Å²) in [6.45, 7) is 4.68. The Labute approximate surface area is 126 Å². The van der Waals surface area contributed by atoms with E-state index >= 15 is 0 Å². The van der Waals surface area contributed by atoms with E-state index in [-0.39, 0.29) is 18.3 Å². The Morgan fingerprint density at radius 3 is 2.38 bits per heavy atom. The van der Waals surface area contributed by atoms with Crippen LogP contribution in [0.25, 0.3) is 0 Å². The van der Waals surface area contributed by atoms with Crippen molar-refractivity contribution in [2.75, 3.05) is 26.2 Å². The van der Waals surface area contributed by atoms with Gasteiger partial charge in [0.1, 0.15) is 6.10 Å². The van der Waals surface area contributed by atoms with E-state index in [0.29, 0.717) is 11.1 Å². The molecule has 21 heavy (non-hydrogen) atoms. The molecule has 2 rings (SSSR count). The van der Waals surface area contributed by atoms with Gasteiger partial charge in [-0.1, -0.05) is 37.6 Å². The summed E-state index contributed by atoms with van der Waals surface area (Å²) in [6.07, 6.45) is 2.89. The normalized spacial score (nSPS) is 19.2. The van der Waals surface area contributed by atoms with Gasteiger partial charge < -0.3 is 15.1 Å². The summed E-state index contributed by atoms with van der Waals surface area (Å²) in [5, 5.41) is 18.5. The van der Waals surface area contributed by atoms with Crippen LogP contribution in [0.1, 0.15) is 48.2 Å². The van der Waals surface area contributed by atoms with Crippen molar-refractivity contribution < 1.29 is 15.0 Å². The van der Waals surface area contributed by atoms with Crippen LogP contribution in [-0.4, -0.2) is 47.1 Å². The molecule has 116 valence electrons. The van der Waals surface area contributed by atoms with Crippen LogP contribution in [0.5, 0.6) is 0 Å². The molecule has 2 atom stereocenters. The zero-order chi connectivity index (χ0) is 15.2. The second-order valence-electron chi connectivity index (χ2n) is 5.95. The van der Waals surface area contributed by atoms with E-state index in [1.165, 1.54) is 19.3 Å². The van der Waals surface area contributed by atoms with Crippen LogP contribution < -0.4 is 0 Å². The third kappa shape index (κ3) is 4.37. The molecule has 4 heteroatoms. The molecule has 1 saturated heterocycles. The molecule has 1 aliphatic heterocycles. The van der Waals surface area contributed by atoms with Gasteiger partial charge in [-0.3, -0.25) is 4.79 Å². The number of aliphatic hydroxyl groups is 2. The third-order valence-corrected chi connectivity index (χ3v) is 4.18. The number of Topliss-reactive ketones (excluding diaryl/α,β-unsaturated/α-hetero) is 1. The van der Waals surface area contributed by atoms with Gasteiger partial charge in [-0.15, -0.1) is 0 Å². The Hall–Kier alpha value is -1.23. The Morgan fingerprint density at radius 1 is 1.19 bits per heavy atom. The molecular formula is C17H25NO3. The second-order valence-corrected chi connectivity index (χ2v) is 5.95. The van der Waals surface area contributed by atoms with Gasteiger partial charge in [0.25, 0.3) is 0 Å². The summed E-state index contributed by atoms with van der Waals surface area (Å²) in [7, 11) is 0. The van der Waals surface area contributed by atoms with Gasteiger partial charge in [-0.05, 0) is 31.5 Å². The van der Waals surface area contributed by atoms with Crippen molar-refractivity contribution in [3.63, 3.8) is 0 Å². The molecular weight excluding hydrogens is 266 g/mol. The average Bonchev–Trinajstić information content (AvgIpc) is 2.54. The van der Waals surface area contributed by atoms with Crippen molar-refractivity contribution in [3.8, 4) is 0 Å². The zero-order valence-corrected chi connectivity index (χ0v) is 12.7. The molecule has 1 fully saturated rings. The Bertz CT molecular complexity index is 452. The number of nitrogens with zero attached hydrogens (tertiary/aromatic N) is 1. The third-order valence-electron chi connectivity index (χ3n) is 4.18. The number of likely N-dealkylation sites (tertiary alicyclic amines) is 1. The van der Waals surface area contributed by atoms with Crippen LogP contribution in [0.2, 0.25) is 0 Å². The highest BCUT2D eigenvalue weighted by Gasteiger charge is 2.20. The molecule has 0 spiro atoms. The quantitative estimate of drug-likeness (QED) is 0.787. The zero-order valence-electron chi connectivity index (χ0n) is 12.7. The number of benzene rings is 1. The molecule has 2 N–H and O–H groups in total. The number of aliphatic hydroxyl groups excluding tert-OH is 2. The molecule has 1 aliphatic rings. The lowest BCUT2D eigenvalue weighted by atomic mass is 9.96. The summed E-state index contributed by atoms with van der Waals surface area (Å²) < 4.78 is 0. The van der Waals surface area contributed by atoms with Crippen LogP contribution in [-0.2, 0) is 0 Å². The van der Waals surface area contributed by atoms with Gasteiger partial charge >= 0.3 is 0 Å². The monoisotopic (exact) mass is 291 g/mol. The van der Waals surface area contributed by atoms with E-state index < -0.39 is 6.10 Å². The lowest BCUT2D eigenvalue weighted by Gasteiger charge is -2.28. The van der Waals surface area contributed by atoms with E-state index in [2.05, 4.69) is 4.90 Å². The fourth-order valence-electron chi connectivity index (χ4n) is 2.87. The number of carbonyl (C=O) groups excluding carboxylic acids is 1. The number of rotatable bonds is 6. The highest BCUT2D eigenvalue weighted by Crippen LogP contribution is 2.17. The second kappa shape index (κ2) is 7.69. The van der Waals surface area contributed by atoms with E-state index in [1.807, 2.05) is 6.92 Å². The van der Waals surface area contributed by atoms with E-state index in [1.54, 1.807) is 24.3 Å². The lowest BCUT2D eigenvalue weighted by Crippen LogP contribution is -2.35. The number of ketones is 1. The molecule has 0 radical (unpaired) electrons. The summed E-state index contributed by atoms with van der Waals surface area (Å²) in [5.74, 6) is 0.127. The Kier molecular flexibility index (Phi) is 5.91. The molecule has 0 saturated carbocycles. The SMILES string of the molecule is CC(CN1CCCCC1)C(=O)c1ccc(C(O)CO)cc1. The first-order chi connectivity index (χ1) is 10.1. The van der Waals surface area contributed by atoms with Gasteiger partial charge in [-0.25, -0.2) is 0 Å². The molecule has 0 bridgehead atoms. The standard InChI is InChI=1S/C17H25NO3/c1-13(11-18-9-3-2-4-10-18)17(21)15-7-5-14(6-8-15)16(20)12-19/h5-8,13,16,19-20H,2-4,9-12H2,1H3. The number of hydrogen-bond donors (Lipinski definition) is 2. The molecule has 1 aromatic carbocycles. The van der Waals surface area contributed by atoms with E-state index in [4.69, 9.17) is 5.11 Å². The maximum Gasteiger partial charge on any atom is 0.166 e. The van der Waals surface area contributed by atoms with Crippen LogP contribution >= 0.6 is 0 Å². The number of carbonyl (C=O) groups is 1. The van der Waals surface area contributed by atoms with E-state index in [0.717, 1.165) is 19.6 Å². The van der Waals surface area contributed by atoms with E-state index in [9.17, 15) is 9.90 Å². The first-order valence-electron chi connectivity index (χ1n) is 7.77.